The zero-order valence-corrected chi connectivity index (χ0v) is 9.06. The highest BCUT2D eigenvalue weighted by molar-refractivity contribution is 5.79. The van der Waals surface area contributed by atoms with Crippen LogP contribution in [0, 0.1) is 0 Å². The molecule has 4 nitrogen and oxygen atoms in total. The molecule has 2 aromatic rings. The molecular formula is C12H13NO3. The minimum Gasteiger partial charge on any atom is -0.505 e. The second-order valence-corrected chi connectivity index (χ2v) is 3.67. The molecule has 0 fully saturated rings. The second kappa shape index (κ2) is 4.35. The third-order valence-corrected chi connectivity index (χ3v) is 2.51. The molecule has 0 aromatic carbocycles. The zero-order valence-electron chi connectivity index (χ0n) is 9.06. The first kappa shape index (κ1) is 10.7. The van der Waals surface area contributed by atoms with Crippen molar-refractivity contribution in [2.24, 2.45) is 0 Å². The predicted molar refractivity (Wildman–Crippen MR) is 60.6 cm³/mol. The molecule has 0 unspecified atom stereocenters. The van der Waals surface area contributed by atoms with Crippen LogP contribution in [0.5, 0.6) is 5.75 Å². The maximum absolute atomic E-state index is 11.6. The first-order valence-corrected chi connectivity index (χ1v) is 5.33. The van der Waals surface area contributed by atoms with E-state index in [-0.39, 0.29) is 5.75 Å². The molecule has 0 aliphatic rings. The van der Waals surface area contributed by atoms with Gasteiger partial charge in [-0.25, -0.2) is 9.78 Å². The summed E-state index contributed by atoms with van der Waals surface area (Å²) in [5, 5.41) is 9.93. The Morgan fingerprint density at radius 1 is 1.50 bits per heavy atom. The van der Waals surface area contributed by atoms with Crippen molar-refractivity contribution in [2.45, 2.75) is 26.2 Å². The number of aromatic nitrogens is 1. The summed E-state index contributed by atoms with van der Waals surface area (Å²) in [6.07, 6.45) is 3.89. The fourth-order valence-electron chi connectivity index (χ4n) is 1.63. The summed E-state index contributed by atoms with van der Waals surface area (Å²) in [4.78, 5) is 15.6. The van der Waals surface area contributed by atoms with Gasteiger partial charge in [-0.05, 0) is 25.0 Å². The molecule has 0 spiro atoms. The molecule has 2 heterocycles. The number of aromatic hydroxyl groups is 1. The largest absolute Gasteiger partial charge is 0.505 e. The van der Waals surface area contributed by atoms with E-state index in [1.54, 1.807) is 18.3 Å². The highest BCUT2D eigenvalue weighted by Crippen LogP contribution is 2.24. The van der Waals surface area contributed by atoms with Gasteiger partial charge in [-0.3, -0.25) is 0 Å². The van der Waals surface area contributed by atoms with Crippen molar-refractivity contribution in [3.63, 3.8) is 0 Å². The van der Waals surface area contributed by atoms with Crippen LogP contribution in [-0.2, 0) is 6.42 Å². The Morgan fingerprint density at radius 2 is 2.31 bits per heavy atom. The Bertz CT molecular complexity index is 560. The standard InChI is InChI=1S/C12H13NO3/c1-2-3-5-8-11(14)10-9(16-12(8)15)6-4-7-13-10/h4,6-7,14H,2-3,5H2,1H3. The molecule has 0 atom stereocenters. The quantitative estimate of drug-likeness (QED) is 0.859. The summed E-state index contributed by atoms with van der Waals surface area (Å²) in [7, 11) is 0. The second-order valence-electron chi connectivity index (χ2n) is 3.67. The SMILES string of the molecule is CCCCc1c(O)c2ncccc2oc1=O. The summed E-state index contributed by atoms with van der Waals surface area (Å²) in [6, 6.07) is 3.28. The van der Waals surface area contributed by atoms with Gasteiger partial charge in [0.1, 0.15) is 5.52 Å². The molecule has 16 heavy (non-hydrogen) atoms. The Kier molecular flexibility index (Phi) is 2.90. The number of hydrogen-bond donors (Lipinski definition) is 1. The molecule has 1 N–H and O–H groups in total. The number of pyridine rings is 1. The Balaban J connectivity index is 2.61. The Hall–Kier alpha value is -1.84. The van der Waals surface area contributed by atoms with Crippen LogP contribution < -0.4 is 5.63 Å². The molecule has 0 saturated heterocycles. The van der Waals surface area contributed by atoms with Gasteiger partial charge in [0.2, 0.25) is 0 Å². The first-order valence-electron chi connectivity index (χ1n) is 5.33. The Morgan fingerprint density at radius 3 is 3.06 bits per heavy atom. The number of hydrogen-bond acceptors (Lipinski definition) is 4. The van der Waals surface area contributed by atoms with Crippen molar-refractivity contribution in [3.8, 4) is 5.75 Å². The number of rotatable bonds is 3. The fraction of sp³-hybridized carbons (Fsp3) is 0.333. The monoisotopic (exact) mass is 219 g/mol. The van der Waals surface area contributed by atoms with Crippen molar-refractivity contribution in [1.29, 1.82) is 0 Å². The van der Waals surface area contributed by atoms with Crippen molar-refractivity contribution in [3.05, 3.63) is 34.3 Å². The molecule has 84 valence electrons. The van der Waals surface area contributed by atoms with Gasteiger partial charge in [-0.15, -0.1) is 0 Å². The highest BCUT2D eigenvalue weighted by Gasteiger charge is 2.13. The molecule has 2 rings (SSSR count). The van der Waals surface area contributed by atoms with Crippen molar-refractivity contribution >= 4 is 11.1 Å². The van der Waals surface area contributed by atoms with E-state index in [1.165, 1.54) is 0 Å². The van der Waals surface area contributed by atoms with E-state index in [0.29, 0.717) is 23.1 Å². The van der Waals surface area contributed by atoms with Crippen molar-refractivity contribution in [2.75, 3.05) is 0 Å². The summed E-state index contributed by atoms with van der Waals surface area (Å²) >= 11 is 0. The first-order chi connectivity index (χ1) is 7.74. The van der Waals surface area contributed by atoms with Crippen LogP contribution in [0.3, 0.4) is 0 Å². The smallest absolute Gasteiger partial charge is 0.343 e. The molecule has 0 radical (unpaired) electrons. The van der Waals surface area contributed by atoms with Gasteiger partial charge < -0.3 is 9.52 Å². The molecule has 0 amide bonds. The van der Waals surface area contributed by atoms with E-state index in [4.69, 9.17) is 4.42 Å². The van der Waals surface area contributed by atoms with Crippen LogP contribution in [0.25, 0.3) is 11.1 Å². The lowest BCUT2D eigenvalue weighted by Gasteiger charge is -2.04. The lowest BCUT2D eigenvalue weighted by molar-refractivity contribution is 0.453. The van der Waals surface area contributed by atoms with Gasteiger partial charge in [-0.1, -0.05) is 13.3 Å². The molecule has 0 aliphatic heterocycles. The molecule has 0 saturated carbocycles. The van der Waals surface area contributed by atoms with Gasteiger partial charge in [0, 0.05) is 6.20 Å². The number of nitrogens with zero attached hydrogens (tertiary/aromatic N) is 1. The molecule has 0 bridgehead atoms. The molecule has 2 aromatic heterocycles. The van der Waals surface area contributed by atoms with E-state index >= 15 is 0 Å². The van der Waals surface area contributed by atoms with E-state index < -0.39 is 5.63 Å². The average Bonchev–Trinajstić information content (AvgIpc) is 2.29. The van der Waals surface area contributed by atoms with Crippen LogP contribution in [0.15, 0.2) is 27.5 Å². The van der Waals surface area contributed by atoms with Crippen LogP contribution in [-0.4, -0.2) is 10.1 Å². The highest BCUT2D eigenvalue weighted by atomic mass is 16.4. The topological polar surface area (TPSA) is 63.3 Å². The minimum atomic E-state index is -0.466. The van der Waals surface area contributed by atoms with Gasteiger partial charge >= 0.3 is 5.63 Å². The Labute approximate surface area is 92.6 Å². The van der Waals surface area contributed by atoms with Gasteiger partial charge in [0.25, 0.3) is 0 Å². The number of unbranched alkanes of at least 4 members (excludes halogenated alkanes) is 1. The fourth-order valence-corrected chi connectivity index (χ4v) is 1.63. The van der Waals surface area contributed by atoms with E-state index in [0.717, 1.165) is 12.8 Å². The lowest BCUT2D eigenvalue weighted by Crippen LogP contribution is -2.08. The number of fused-ring (bicyclic) bond motifs is 1. The normalized spacial score (nSPS) is 10.8. The summed E-state index contributed by atoms with van der Waals surface area (Å²) in [6.45, 7) is 2.03. The summed E-state index contributed by atoms with van der Waals surface area (Å²) in [5.74, 6) is -0.0414. The predicted octanol–water partition coefficient (Wildman–Crippen LogP) is 2.24. The summed E-state index contributed by atoms with van der Waals surface area (Å²) in [5.41, 5.74) is 0.540. The van der Waals surface area contributed by atoms with E-state index in [9.17, 15) is 9.90 Å². The van der Waals surface area contributed by atoms with Crippen molar-refractivity contribution < 1.29 is 9.52 Å². The summed E-state index contributed by atoms with van der Waals surface area (Å²) < 4.78 is 5.09. The van der Waals surface area contributed by atoms with E-state index in [1.807, 2.05) is 6.92 Å². The average molecular weight is 219 g/mol. The minimum absolute atomic E-state index is 0.0414. The lowest BCUT2D eigenvalue weighted by atomic mass is 10.1. The van der Waals surface area contributed by atoms with E-state index in [2.05, 4.69) is 4.98 Å². The maximum Gasteiger partial charge on any atom is 0.343 e. The van der Waals surface area contributed by atoms with Crippen LogP contribution in [0.4, 0.5) is 0 Å². The molecule has 4 heteroatoms. The molecule has 0 aliphatic carbocycles. The van der Waals surface area contributed by atoms with Gasteiger partial charge in [-0.2, -0.15) is 0 Å². The maximum atomic E-state index is 11.6. The molecular weight excluding hydrogens is 206 g/mol. The van der Waals surface area contributed by atoms with Crippen LogP contribution >= 0.6 is 0 Å². The van der Waals surface area contributed by atoms with Gasteiger partial charge in [0.15, 0.2) is 11.3 Å². The van der Waals surface area contributed by atoms with Gasteiger partial charge in [0.05, 0.1) is 5.56 Å². The van der Waals surface area contributed by atoms with Crippen LogP contribution in [0.2, 0.25) is 0 Å². The third-order valence-electron chi connectivity index (χ3n) is 2.51. The van der Waals surface area contributed by atoms with Crippen molar-refractivity contribution in [1.82, 2.24) is 4.98 Å². The zero-order chi connectivity index (χ0) is 11.5. The van der Waals surface area contributed by atoms with Crippen LogP contribution in [0.1, 0.15) is 25.3 Å². The third kappa shape index (κ3) is 1.78.